The zero-order chi connectivity index (χ0) is 17.8. The second-order valence-corrected chi connectivity index (χ2v) is 6.84. The van der Waals surface area contributed by atoms with Gasteiger partial charge in [0.25, 0.3) is 0 Å². The van der Waals surface area contributed by atoms with Crippen molar-refractivity contribution in [2.45, 2.75) is 13.5 Å². The van der Waals surface area contributed by atoms with Crippen LogP contribution in [0.3, 0.4) is 0 Å². The minimum atomic E-state index is 0.627. The number of hydrogen-bond donors (Lipinski definition) is 1. The smallest absolute Gasteiger partial charge is 0.149 e. The van der Waals surface area contributed by atoms with Gasteiger partial charge in [-0.3, -0.25) is 0 Å². The Balaban J connectivity index is 1.43. The molecule has 0 atom stereocenters. The van der Waals surface area contributed by atoms with Gasteiger partial charge in [0, 0.05) is 16.5 Å². The topological polar surface area (TPSA) is 50.7 Å². The summed E-state index contributed by atoms with van der Waals surface area (Å²) in [6.07, 6.45) is 0. The normalized spacial score (nSPS) is 10.7. The van der Waals surface area contributed by atoms with E-state index in [9.17, 15) is 0 Å². The number of rotatable bonds is 5. The van der Waals surface area contributed by atoms with Gasteiger partial charge in [0.05, 0.1) is 17.9 Å². The SMILES string of the molecule is Cc1ccccc1-c1nc(CNc2ccc(-c3ccccc3)nn2)cs1. The minimum Gasteiger partial charge on any atom is -0.363 e. The van der Waals surface area contributed by atoms with Crippen molar-refractivity contribution in [1.82, 2.24) is 15.2 Å². The predicted octanol–water partition coefficient (Wildman–Crippen LogP) is 5.19. The lowest BCUT2D eigenvalue weighted by atomic mass is 10.1. The Morgan fingerprint density at radius 3 is 2.46 bits per heavy atom. The van der Waals surface area contributed by atoms with Gasteiger partial charge >= 0.3 is 0 Å². The van der Waals surface area contributed by atoms with Crippen LogP contribution in [-0.4, -0.2) is 15.2 Å². The maximum atomic E-state index is 4.73. The van der Waals surface area contributed by atoms with Crippen molar-refractivity contribution in [1.29, 1.82) is 0 Å². The first kappa shape index (κ1) is 16.4. The first-order chi connectivity index (χ1) is 12.8. The van der Waals surface area contributed by atoms with Crippen LogP contribution >= 0.6 is 11.3 Å². The van der Waals surface area contributed by atoms with Crippen molar-refractivity contribution in [3.05, 3.63) is 83.4 Å². The van der Waals surface area contributed by atoms with E-state index in [2.05, 4.69) is 40.0 Å². The van der Waals surface area contributed by atoms with Crippen molar-refractivity contribution >= 4 is 17.2 Å². The third-order valence-corrected chi connectivity index (χ3v) is 5.04. The summed E-state index contributed by atoms with van der Waals surface area (Å²) in [6, 6.07) is 22.3. The highest BCUT2D eigenvalue weighted by Crippen LogP contribution is 2.26. The van der Waals surface area contributed by atoms with E-state index < -0.39 is 0 Å². The van der Waals surface area contributed by atoms with Gasteiger partial charge in [0.2, 0.25) is 0 Å². The van der Waals surface area contributed by atoms with E-state index in [1.54, 1.807) is 11.3 Å². The molecule has 2 aromatic carbocycles. The van der Waals surface area contributed by atoms with Crippen LogP contribution in [0.15, 0.2) is 72.1 Å². The standard InChI is InChI=1S/C21H18N4S/c1-15-7-5-6-10-18(15)21-23-17(14-26-21)13-22-20-12-11-19(24-25-20)16-8-3-2-4-9-16/h2-12,14H,13H2,1H3,(H,22,25). The monoisotopic (exact) mass is 358 g/mol. The lowest BCUT2D eigenvalue weighted by Gasteiger charge is -2.04. The maximum Gasteiger partial charge on any atom is 0.149 e. The highest BCUT2D eigenvalue weighted by molar-refractivity contribution is 7.13. The number of anilines is 1. The second-order valence-electron chi connectivity index (χ2n) is 5.98. The Hall–Kier alpha value is -3.05. The lowest BCUT2D eigenvalue weighted by molar-refractivity contribution is 0.990. The Kier molecular flexibility index (Phi) is 4.71. The van der Waals surface area contributed by atoms with Gasteiger partial charge in [-0.05, 0) is 24.6 Å². The number of aromatic nitrogens is 3. The highest BCUT2D eigenvalue weighted by Gasteiger charge is 2.07. The van der Waals surface area contributed by atoms with Crippen LogP contribution in [0.5, 0.6) is 0 Å². The molecule has 0 spiro atoms. The van der Waals surface area contributed by atoms with Crippen LogP contribution in [0.2, 0.25) is 0 Å². The summed E-state index contributed by atoms with van der Waals surface area (Å²) < 4.78 is 0. The molecule has 128 valence electrons. The molecule has 0 saturated carbocycles. The Morgan fingerprint density at radius 2 is 1.69 bits per heavy atom. The molecule has 0 aliphatic carbocycles. The minimum absolute atomic E-state index is 0.627. The summed E-state index contributed by atoms with van der Waals surface area (Å²) in [5.41, 5.74) is 5.36. The van der Waals surface area contributed by atoms with Gasteiger partial charge in [-0.1, -0.05) is 54.6 Å². The van der Waals surface area contributed by atoms with Gasteiger partial charge in [0.15, 0.2) is 0 Å². The molecule has 4 nitrogen and oxygen atoms in total. The third kappa shape index (κ3) is 3.63. The molecule has 0 aliphatic rings. The van der Waals surface area contributed by atoms with Crippen molar-refractivity contribution in [2.24, 2.45) is 0 Å². The highest BCUT2D eigenvalue weighted by atomic mass is 32.1. The number of hydrogen-bond acceptors (Lipinski definition) is 5. The molecule has 0 saturated heterocycles. The molecule has 0 unspecified atom stereocenters. The number of thiazole rings is 1. The lowest BCUT2D eigenvalue weighted by Crippen LogP contribution is -2.03. The van der Waals surface area contributed by atoms with E-state index in [1.165, 1.54) is 11.1 Å². The van der Waals surface area contributed by atoms with Crippen LogP contribution in [0, 0.1) is 6.92 Å². The fourth-order valence-corrected chi connectivity index (χ4v) is 3.60. The Morgan fingerprint density at radius 1 is 0.885 bits per heavy atom. The average molecular weight is 358 g/mol. The van der Waals surface area contributed by atoms with E-state index in [0.29, 0.717) is 6.54 Å². The van der Waals surface area contributed by atoms with Crippen molar-refractivity contribution < 1.29 is 0 Å². The summed E-state index contributed by atoms with van der Waals surface area (Å²) in [7, 11) is 0. The molecule has 4 aromatic rings. The number of nitrogens with zero attached hydrogens (tertiary/aromatic N) is 3. The molecule has 0 fully saturated rings. The van der Waals surface area contributed by atoms with Crippen molar-refractivity contribution in [3.8, 4) is 21.8 Å². The molecule has 1 N–H and O–H groups in total. The number of benzene rings is 2. The van der Waals surface area contributed by atoms with Crippen LogP contribution in [0.4, 0.5) is 5.82 Å². The molecule has 0 bridgehead atoms. The Labute approximate surface area is 156 Å². The number of aryl methyl sites for hydroxylation is 1. The summed E-state index contributed by atoms with van der Waals surface area (Å²) in [4.78, 5) is 4.73. The maximum absolute atomic E-state index is 4.73. The van der Waals surface area contributed by atoms with E-state index >= 15 is 0 Å². The quantitative estimate of drug-likeness (QED) is 0.533. The first-order valence-electron chi connectivity index (χ1n) is 8.43. The van der Waals surface area contributed by atoms with E-state index in [4.69, 9.17) is 4.98 Å². The average Bonchev–Trinajstić information content (AvgIpc) is 3.17. The van der Waals surface area contributed by atoms with Gasteiger partial charge in [-0.15, -0.1) is 21.5 Å². The van der Waals surface area contributed by atoms with Gasteiger partial charge in [-0.25, -0.2) is 4.98 Å². The molecule has 2 aromatic heterocycles. The van der Waals surface area contributed by atoms with E-state index in [1.807, 2.05) is 54.6 Å². The fourth-order valence-electron chi connectivity index (χ4n) is 2.70. The molecular formula is C21H18N4S. The van der Waals surface area contributed by atoms with Crippen LogP contribution in [-0.2, 0) is 6.54 Å². The van der Waals surface area contributed by atoms with Gasteiger partial charge in [0.1, 0.15) is 10.8 Å². The summed E-state index contributed by atoms with van der Waals surface area (Å²) in [5, 5.41) is 15.0. The molecule has 5 heteroatoms. The van der Waals surface area contributed by atoms with Gasteiger partial charge in [-0.2, -0.15) is 0 Å². The molecular weight excluding hydrogens is 340 g/mol. The molecule has 0 radical (unpaired) electrons. The summed E-state index contributed by atoms with van der Waals surface area (Å²) >= 11 is 1.66. The van der Waals surface area contributed by atoms with E-state index in [-0.39, 0.29) is 0 Å². The van der Waals surface area contributed by atoms with Crippen LogP contribution in [0.25, 0.3) is 21.8 Å². The first-order valence-corrected chi connectivity index (χ1v) is 9.31. The Bertz CT molecular complexity index is 994. The van der Waals surface area contributed by atoms with Crippen LogP contribution < -0.4 is 5.32 Å². The molecule has 4 rings (SSSR count). The number of nitrogens with one attached hydrogen (secondary N) is 1. The fraction of sp³-hybridized carbons (Fsp3) is 0.0952. The van der Waals surface area contributed by atoms with Gasteiger partial charge < -0.3 is 5.32 Å². The van der Waals surface area contributed by atoms with Crippen molar-refractivity contribution in [2.75, 3.05) is 5.32 Å². The molecule has 0 amide bonds. The van der Waals surface area contributed by atoms with Crippen molar-refractivity contribution in [3.63, 3.8) is 0 Å². The molecule has 2 heterocycles. The van der Waals surface area contributed by atoms with E-state index in [0.717, 1.165) is 27.8 Å². The zero-order valence-corrected chi connectivity index (χ0v) is 15.2. The summed E-state index contributed by atoms with van der Waals surface area (Å²) in [5.74, 6) is 0.745. The second kappa shape index (κ2) is 7.45. The molecule has 26 heavy (non-hydrogen) atoms. The van der Waals surface area contributed by atoms with Crippen LogP contribution in [0.1, 0.15) is 11.3 Å². The summed E-state index contributed by atoms with van der Waals surface area (Å²) in [6.45, 7) is 2.74. The largest absolute Gasteiger partial charge is 0.363 e. The predicted molar refractivity (Wildman–Crippen MR) is 107 cm³/mol. The third-order valence-electron chi connectivity index (χ3n) is 4.11. The zero-order valence-electron chi connectivity index (χ0n) is 14.4. The molecule has 0 aliphatic heterocycles.